The third-order valence-corrected chi connectivity index (χ3v) is 7.42. The second-order valence-corrected chi connectivity index (χ2v) is 9.43. The number of carbonyl (C=O) groups is 2. The van der Waals surface area contributed by atoms with Crippen molar-refractivity contribution in [1.82, 2.24) is 14.5 Å². The Morgan fingerprint density at radius 2 is 1.88 bits per heavy atom. The van der Waals surface area contributed by atoms with E-state index in [-0.39, 0.29) is 6.09 Å². The molecule has 2 heterocycles. The molecular formula is C27H31N3O4. The van der Waals surface area contributed by atoms with Gasteiger partial charge in [-0.2, -0.15) is 0 Å². The van der Waals surface area contributed by atoms with Gasteiger partial charge in [0.05, 0.1) is 30.6 Å². The molecule has 1 fully saturated rings. The van der Waals surface area contributed by atoms with Gasteiger partial charge in [-0.1, -0.05) is 55.7 Å². The lowest BCUT2D eigenvalue weighted by Gasteiger charge is -2.27. The molecule has 0 radical (unpaired) electrons. The van der Waals surface area contributed by atoms with Gasteiger partial charge in [0, 0.05) is 24.6 Å². The van der Waals surface area contributed by atoms with Crippen molar-refractivity contribution in [3.8, 4) is 0 Å². The summed E-state index contributed by atoms with van der Waals surface area (Å²) in [7, 11) is 1.41. The number of carboxylic acid groups (broad SMARTS) is 1. The summed E-state index contributed by atoms with van der Waals surface area (Å²) in [6, 6.07) is 13.7. The number of imidazole rings is 1. The number of fused-ring (bicyclic) bond motifs is 3. The van der Waals surface area contributed by atoms with Gasteiger partial charge in [-0.05, 0) is 36.5 Å². The molecule has 0 saturated heterocycles. The lowest BCUT2D eigenvalue weighted by atomic mass is 9.88. The Labute approximate surface area is 199 Å². The number of hydrogen-bond acceptors (Lipinski definition) is 4. The number of amides is 1. The van der Waals surface area contributed by atoms with Crippen molar-refractivity contribution in [3.63, 3.8) is 0 Å². The predicted molar refractivity (Wildman–Crippen MR) is 129 cm³/mol. The van der Waals surface area contributed by atoms with E-state index in [1.165, 1.54) is 31.9 Å². The predicted octanol–water partition coefficient (Wildman–Crippen LogP) is 5.08. The molecule has 0 unspecified atom stereocenters. The molecule has 1 amide bonds. The fourth-order valence-electron chi connectivity index (χ4n) is 5.59. The van der Waals surface area contributed by atoms with Crippen molar-refractivity contribution < 1.29 is 19.4 Å². The first kappa shape index (κ1) is 22.4. The Hall–Kier alpha value is -3.35. The zero-order chi connectivity index (χ0) is 23.7. The first-order chi connectivity index (χ1) is 16.6. The summed E-state index contributed by atoms with van der Waals surface area (Å²) in [5, 5.41) is 10.1. The van der Waals surface area contributed by atoms with Crippen LogP contribution in [0.2, 0.25) is 0 Å². The van der Waals surface area contributed by atoms with Gasteiger partial charge < -0.3 is 19.3 Å². The molecule has 1 saturated carbocycles. The Balaban J connectivity index is 1.62. The number of ether oxygens (including phenoxy) is 1. The molecule has 178 valence electrons. The van der Waals surface area contributed by atoms with E-state index in [1.54, 1.807) is 4.90 Å². The minimum absolute atomic E-state index is 0.322. The molecule has 1 aliphatic heterocycles. The Kier molecular flexibility index (Phi) is 6.26. The van der Waals surface area contributed by atoms with Crippen LogP contribution >= 0.6 is 0 Å². The maximum atomic E-state index is 12.3. The third kappa shape index (κ3) is 4.15. The summed E-state index contributed by atoms with van der Waals surface area (Å²) in [5.41, 5.74) is 4.89. The fourth-order valence-corrected chi connectivity index (χ4v) is 5.59. The van der Waals surface area contributed by atoms with Crippen molar-refractivity contribution >= 4 is 23.1 Å². The molecule has 3 aromatic rings. The fraction of sp³-hybridized carbons (Fsp3) is 0.444. The van der Waals surface area contributed by atoms with E-state index in [9.17, 15) is 14.7 Å². The molecule has 0 bridgehead atoms. The number of aromatic nitrogens is 2. The first-order valence-electron chi connectivity index (χ1n) is 12.2. The topological polar surface area (TPSA) is 84.7 Å². The van der Waals surface area contributed by atoms with E-state index in [4.69, 9.17) is 9.72 Å². The SMILES string of the molecule is COC(=O)N1CCc2ccc3c(nc(C4CCCCC4)n3C[C@H](C(=O)O)c3ccccc3)c2C1. The maximum Gasteiger partial charge on any atom is 0.409 e. The average Bonchev–Trinajstić information content (AvgIpc) is 3.26. The maximum absolute atomic E-state index is 12.3. The minimum atomic E-state index is -0.836. The van der Waals surface area contributed by atoms with Crippen molar-refractivity contribution in [3.05, 3.63) is 65.0 Å². The first-order valence-corrected chi connectivity index (χ1v) is 12.2. The van der Waals surface area contributed by atoms with Crippen LogP contribution in [0.25, 0.3) is 11.0 Å². The second kappa shape index (κ2) is 9.49. The molecule has 1 aromatic heterocycles. The lowest BCUT2D eigenvalue weighted by Crippen LogP contribution is -2.35. The van der Waals surface area contributed by atoms with E-state index in [2.05, 4.69) is 16.7 Å². The molecule has 0 spiro atoms. The van der Waals surface area contributed by atoms with Crippen molar-refractivity contribution in [1.29, 1.82) is 0 Å². The van der Waals surface area contributed by atoms with Gasteiger partial charge in [0.25, 0.3) is 0 Å². The Morgan fingerprint density at radius 1 is 1.12 bits per heavy atom. The van der Waals surface area contributed by atoms with Gasteiger partial charge >= 0.3 is 12.1 Å². The molecule has 1 N–H and O–H groups in total. The molecule has 1 atom stereocenters. The average molecular weight is 462 g/mol. The highest BCUT2D eigenvalue weighted by Gasteiger charge is 2.30. The van der Waals surface area contributed by atoms with Crippen LogP contribution in [0.15, 0.2) is 42.5 Å². The van der Waals surface area contributed by atoms with Crippen LogP contribution in [0.5, 0.6) is 0 Å². The van der Waals surface area contributed by atoms with Gasteiger partial charge in [0.15, 0.2) is 0 Å². The van der Waals surface area contributed by atoms with Crippen molar-refractivity contribution in [2.75, 3.05) is 13.7 Å². The minimum Gasteiger partial charge on any atom is -0.481 e. The van der Waals surface area contributed by atoms with Crippen LogP contribution in [-0.4, -0.2) is 45.3 Å². The number of carbonyl (C=O) groups excluding carboxylic acids is 1. The van der Waals surface area contributed by atoms with Crippen LogP contribution < -0.4 is 0 Å². The van der Waals surface area contributed by atoms with Gasteiger partial charge in [0.1, 0.15) is 5.82 Å². The van der Waals surface area contributed by atoms with Crippen LogP contribution in [0.1, 0.15) is 66.5 Å². The van der Waals surface area contributed by atoms with Gasteiger partial charge in [-0.15, -0.1) is 0 Å². The molecule has 34 heavy (non-hydrogen) atoms. The van der Waals surface area contributed by atoms with Crippen LogP contribution in [0, 0.1) is 0 Å². The summed E-state index contributed by atoms with van der Waals surface area (Å²) < 4.78 is 7.11. The third-order valence-electron chi connectivity index (χ3n) is 7.42. The van der Waals surface area contributed by atoms with E-state index < -0.39 is 11.9 Å². The number of methoxy groups -OCH3 is 1. The molecule has 2 aliphatic rings. The largest absolute Gasteiger partial charge is 0.481 e. The normalized spacial score (nSPS) is 17.4. The number of rotatable bonds is 5. The number of nitrogens with zero attached hydrogens (tertiary/aromatic N) is 3. The van der Waals surface area contributed by atoms with Gasteiger partial charge in [-0.3, -0.25) is 4.79 Å². The molecule has 5 rings (SSSR count). The highest BCUT2D eigenvalue weighted by molar-refractivity contribution is 5.83. The number of hydrogen-bond donors (Lipinski definition) is 1. The molecule has 7 heteroatoms. The monoisotopic (exact) mass is 461 g/mol. The second-order valence-electron chi connectivity index (χ2n) is 9.43. The highest BCUT2D eigenvalue weighted by atomic mass is 16.5. The van der Waals surface area contributed by atoms with E-state index in [0.29, 0.717) is 25.6 Å². The quantitative estimate of drug-likeness (QED) is 0.573. The van der Waals surface area contributed by atoms with Gasteiger partial charge in [-0.25, -0.2) is 9.78 Å². The molecule has 1 aliphatic carbocycles. The smallest absolute Gasteiger partial charge is 0.409 e. The Morgan fingerprint density at radius 3 is 2.59 bits per heavy atom. The van der Waals surface area contributed by atoms with E-state index in [0.717, 1.165) is 47.2 Å². The summed E-state index contributed by atoms with van der Waals surface area (Å²) in [5.74, 6) is -0.191. The summed E-state index contributed by atoms with van der Waals surface area (Å²) in [6.45, 7) is 1.42. The zero-order valence-corrected chi connectivity index (χ0v) is 19.6. The van der Waals surface area contributed by atoms with E-state index in [1.807, 2.05) is 30.3 Å². The number of aliphatic carboxylic acids is 1. The van der Waals surface area contributed by atoms with Gasteiger partial charge in [0.2, 0.25) is 0 Å². The van der Waals surface area contributed by atoms with Crippen molar-refractivity contribution in [2.24, 2.45) is 0 Å². The highest BCUT2D eigenvalue weighted by Crippen LogP contribution is 2.37. The van der Waals surface area contributed by atoms with Crippen LogP contribution in [0.3, 0.4) is 0 Å². The van der Waals surface area contributed by atoms with Crippen LogP contribution in [-0.2, 0) is 29.0 Å². The number of carboxylic acids is 1. The summed E-state index contributed by atoms with van der Waals surface area (Å²) in [4.78, 5) is 31.4. The summed E-state index contributed by atoms with van der Waals surface area (Å²) >= 11 is 0. The summed E-state index contributed by atoms with van der Waals surface area (Å²) in [6.07, 6.45) is 6.15. The lowest BCUT2D eigenvalue weighted by molar-refractivity contribution is -0.139. The standard InChI is InChI=1S/C27H31N3O4/c1-34-27(33)29-15-14-19-12-13-23-24(21(19)16-29)28-25(20-10-6-3-7-11-20)30(23)17-22(26(31)32)18-8-4-2-5-9-18/h2,4-5,8-9,12-13,20,22H,3,6-7,10-11,14-17H2,1H3,(H,31,32)/t22-/m0/s1. The zero-order valence-electron chi connectivity index (χ0n) is 19.6. The van der Waals surface area contributed by atoms with Crippen LogP contribution in [0.4, 0.5) is 4.79 Å². The van der Waals surface area contributed by atoms with E-state index >= 15 is 0 Å². The molecule has 2 aromatic carbocycles. The van der Waals surface area contributed by atoms with Crippen molar-refractivity contribution in [2.45, 2.75) is 63.5 Å². The number of benzene rings is 2. The Bertz CT molecular complexity index is 1200. The molecular weight excluding hydrogens is 430 g/mol. The molecule has 7 nitrogen and oxygen atoms in total.